The zero-order valence-electron chi connectivity index (χ0n) is 54.1. The van der Waals surface area contributed by atoms with E-state index in [2.05, 4.69) is 93.7 Å². The van der Waals surface area contributed by atoms with E-state index in [1.54, 1.807) is 0 Å². The number of unbranched alkanes of at least 4 members (excludes halogenated alkanes) is 42. The van der Waals surface area contributed by atoms with Gasteiger partial charge in [0.25, 0.3) is 0 Å². The Morgan fingerprint density at radius 3 is 0.728 bits per heavy atom. The molecule has 0 radical (unpaired) electrons. The van der Waals surface area contributed by atoms with E-state index in [0.717, 1.165) is 89.9 Å². The molecule has 6 nitrogen and oxygen atoms in total. The quantitative estimate of drug-likeness (QED) is 0.0261. The van der Waals surface area contributed by atoms with Crippen LogP contribution in [0.1, 0.15) is 367 Å². The van der Waals surface area contributed by atoms with Gasteiger partial charge in [0.1, 0.15) is 13.2 Å². The van der Waals surface area contributed by atoms with Crippen molar-refractivity contribution in [2.45, 2.75) is 374 Å². The topological polar surface area (TPSA) is 78.9 Å². The van der Waals surface area contributed by atoms with Crippen molar-refractivity contribution in [2.75, 3.05) is 13.2 Å². The molecule has 0 aliphatic carbocycles. The first kappa shape index (κ1) is 77.9. The summed E-state index contributed by atoms with van der Waals surface area (Å²) in [7, 11) is 0. The number of hydrogen-bond donors (Lipinski definition) is 0. The lowest BCUT2D eigenvalue weighted by Crippen LogP contribution is -2.30. The van der Waals surface area contributed by atoms with Gasteiger partial charge in [0.05, 0.1) is 0 Å². The molecule has 0 heterocycles. The molecule has 0 amide bonds. The van der Waals surface area contributed by atoms with Crippen molar-refractivity contribution in [3.8, 4) is 0 Å². The second-order valence-electron chi connectivity index (χ2n) is 23.8. The summed E-state index contributed by atoms with van der Waals surface area (Å²) in [6.07, 6.45) is 90.7. The van der Waals surface area contributed by atoms with E-state index in [9.17, 15) is 14.4 Å². The molecule has 470 valence electrons. The highest BCUT2D eigenvalue weighted by molar-refractivity contribution is 5.71. The summed E-state index contributed by atoms with van der Waals surface area (Å²) in [4.78, 5) is 38.4. The molecule has 0 fully saturated rings. The molecular formula is C75H134O6. The first-order valence-electron chi connectivity index (χ1n) is 35.4. The molecule has 0 N–H and O–H groups in total. The summed E-state index contributed by atoms with van der Waals surface area (Å²) >= 11 is 0. The Kier molecular flexibility index (Phi) is 66.6. The molecule has 1 unspecified atom stereocenters. The van der Waals surface area contributed by atoms with Crippen LogP contribution < -0.4 is 0 Å². The van der Waals surface area contributed by atoms with Crippen molar-refractivity contribution in [1.82, 2.24) is 0 Å². The number of hydrogen-bond acceptors (Lipinski definition) is 6. The molecule has 0 saturated carbocycles. The molecule has 0 bridgehead atoms. The molecule has 0 aliphatic heterocycles. The third kappa shape index (κ3) is 67.5. The molecule has 0 aromatic heterocycles. The van der Waals surface area contributed by atoms with Crippen molar-refractivity contribution in [1.29, 1.82) is 0 Å². The Morgan fingerprint density at radius 2 is 0.444 bits per heavy atom. The zero-order valence-corrected chi connectivity index (χ0v) is 54.1. The molecular weight excluding hydrogens is 997 g/mol. The fourth-order valence-electron chi connectivity index (χ4n) is 10.3. The van der Waals surface area contributed by atoms with Crippen LogP contribution in [0.3, 0.4) is 0 Å². The zero-order chi connectivity index (χ0) is 58.5. The van der Waals surface area contributed by atoms with E-state index in [4.69, 9.17) is 14.2 Å². The van der Waals surface area contributed by atoms with Crippen LogP contribution in [0.4, 0.5) is 0 Å². The number of rotatable bonds is 65. The first-order chi connectivity index (χ1) is 40.0. The van der Waals surface area contributed by atoms with Gasteiger partial charge >= 0.3 is 17.9 Å². The minimum Gasteiger partial charge on any atom is -0.462 e. The predicted molar refractivity (Wildman–Crippen MR) is 353 cm³/mol. The average molecular weight is 1130 g/mol. The van der Waals surface area contributed by atoms with Gasteiger partial charge in [0.2, 0.25) is 0 Å². The van der Waals surface area contributed by atoms with E-state index in [1.165, 1.54) is 238 Å². The van der Waals surface area contributed by atoms with Crippen LogP contribution >= 0.6 is 0 Å². The van der Waals surface area contributed by atoms with Gasteiger partial charge in [0.15, 0.2) is 6.10 Å². The van der Waals surface area contributed by atoms with Gasteiger partial charge < -0.3 is 14.2 Å². The Hall–Kier alpha value is -3.15. The molecule has 0 spiro atoms. The first-order valence-corrected chi connectivity index (χ1v) is 35.4. The highest BCUT2D eigenvalue weighted by Crippen LogP contribution is 2.17. The number of ether oxygens (including phenoxy) is 3. The van der Waals surface area contributed by atoms with Crippen LogP contribution in [0.5, 0.6) is 0 Å². The average Bonchev–Trinajstić information content (AvgIpc) is 3.47. The van der Waals surface area contributed by atoms with Crippen molar-refractivity contribution in [3.05, 3.63) is 72.9 Å². The largest absolute Gasteiger partial charge is 0.462 e. The van der Waals surface area contributed by atoms with Crippen LogP contribution in [-0.2, 0) is 28.6 Å². The summed E-state index contributed by atoms with van der Waals surface area (Å²) in [6.45, 7) is 6.63. The standard InChI is InChI=1S/C75H134O6/c1-4-7-10-13-16-19-22-25-28-30-32-33-34-35-36-37-38-39-40-41-43-44-47-50-53-56-59-62-65-68-74(77)80-71-72(70-79-73(76)67-64-61-58-55-52-49-46-27-24-21-18-15-12-9-6-3)81-75(78)69-66-63-60-57-54-51-48-45-42-31-29-26-23-20-17-14-11-8-5-2/h18,21-22,25-27,29-30,32,34-35,46,72H,4-17,19-20,23-24,28,31,33,36-45,47-71H2,1-3H3/b21-18-,25-22-,29-26-,32-30-,35-34-,46-27-. The maximum atomic E-state index is 12.9. The Morgan fingerprint density at radius 1 is 0.247 bits per heavy atom. The molecule has 0 aliphatic rings. The highest BCUT2D eigenvalue weighted by atomic mass is 16.6. The predicted octanol–water partition coefficient (Wildman–Crippen LogP) is 24.4. The van der Waals surface area contributed by atoms with Crippen molar-refractivity contribution in [2.24, 2.45) is 0 Å². The summed E-state index contributed by atoms with van der Waals surface area (Å²) in [6, 6.07) is 0. The Balaban J connectivity index is 4.27. The van der Waals surface area contributed by atoms with E-state index in [-0.39, 0.29) is 31.1 Å². The van der Waals surface area contributed by atoms with Gasteiger partial charge in [-0.05, 0) is 116 Å². The van der Waals surface area contributed by atoms with Crippen LogP contribution in [0.2, 0.25) is 0 Å². The molecule has 0 aromatic rings. The molecule has 6 heteroatoms. The smallest absolute Gasteiger partial charge is 0.306 e. The van der Waals surface area contributed by atoms with Gasteiger partial charge in [0, 0.05) is 19.3 Å². The summed E-state index contributed by atoms with van der Waals surface area (Å²) in [5.74, 6) is -0.876. The monoisotopic (exact) mass is 1130 g/mol. The van der Waals surface area contributed by atoms with Gasteiger partial charge in [-0.15, -0.1) is 0 Å². The van der Waals surface area contributed by atoms with E-state index >= 15 is 0 Å². The summed E-state index contributed by atoms with van der Waals surface area (Å²) in [5.41, 5.74) is 0. The van der Waals surface area contributed by atoms with E-state index < -0.39 is 6.10 Å². The number of allylic oxidation sites excluding steroid dienone is 12. The second kappa shape index (κ2) is 69.3. The van der Waals surface area contributed by atoms with Crippen molar-refractivity contribution < 1.29 is 28.6 Å². The van der Waals surface area contributed by atoms with Crippen LogP contribution in [0.15, 0.2) is 72.9 Å². The van der Waals surface area contributed by atoms with Gasteiger partial charge in [-0.1, -0.05) is 306 Å². The SMILES string of the molecule is CCCCC/C=C\C/C=C\CCCCCCCC(=O)OCC(COC(=O)CCCCCCCCCCCCCCCC/C=C\C/C=C\C/C=C\CCCCCCC)OC(=O)CCCCCCCCCCC/C=C\CCCCCCCC. The van der Waals surface area contributed by atoms with Crippen molar-refractivity contribution in [3.63, 3.8) is 0 Å². The Bertz CT molecular complexity index is 1490. The lowest BCUT2D eigenvalue weighted by Gasteiger charge is -2.18. The number of esters is 3. The molecule has 81 heavy (non-hydrogen) atoms. The molecule has 0 saturated heterocycles. The summed E-state index contributed by atoms with van der Waals surface area (Å²) in [5, 5.41) is 0. The third-order valence-corrected chi connectivity index (χ3v) is 15.7. The molecule has 0 aromatic carbocycles. The minimum atomic E-state index is -0.784. The van der Waals surface area contributed by atoms with Crippen LogP contribution in [0, 0.1) is 0 Å². The van der Waals surface area contributed by atoms with Crippen LogP contribution in [0.25, 0.3) is 0 Å². The highest BCUT2D eigenvalue weighted by Gasteiger charge is 2.19. The fraction of sp³-hybridized carbons (Fsp3) is 0.800. The van der Waals surface area contributed by atoms with Gasteiger partial charge in [-0.2, -0.15) is 0 Å². The maximum Gasteiger partial charge on any atom is 0.306 e. The molecule has 0 rings (SSSR count). The van der Waals surface area contributed by atoms with Gasteiger partial charge in [-0.25, -0.2) is 0 Å². The lowest BCUT2D eigenvalue weighted by molar-refractivity contribution is -0.167. The number of carbonyl (C=O) groups is 3. The molecule has 1 atom stereocenters. The summed E-state index contributed by atoms with van der Waals surface area (Å²) < 4.78 is 17.0. The van der Waals surface area contributed by atoms with Crippen molar-refractivity contribution >= 4 is 17.9 Å². The maximum absolute atomic E-state index is 12.9. The van der Waals surface area contributed by atoms with Crippen LogP contribution in [-0.4, -0.2) is 37.2 Å². The van der Waals surface area contributed by atoms with E-state index in [1.807, 2.05) is 0 Å². The normalized spacial score (nSPS) is 12.5. The fourth-order valence-corrected chi connectivity index (χ4v) is 10.3. The third-order valence-electron chi connectivity index (χ3n) is 15.7. The minimum absolute atomic E-state index is 0.0784. The van der Waals surface area contributed by atoms with Gasteiger partial charge in [-0.3, -0.25) is 14.4 Å². The second-order valence-corrected chi connectivity index (χ2v) is 23.8. The Labute approximate surface area is 503 Å². The lowest BCUT2D eigenvalue weighted by atomic mass is 10.0. The van der Waals surface area contributed by atoms with E-state index in [0.29, 0.717) is 19.3 Å². The number of carbonyl (C=O) groups excluding carboxylic acids is 3.